The van der Waals surface area contributed by atoms with E-state index in [1.807, 2.05) is 0 Å². The molecule has 0 aromatic heterocycles. The molecule has 0 saturated carbocycles. The Kier molecular flexibility index (Phi) is 3.09. The SMILES string of the molecule is N[C@H](C(=O)O)c1c(F)ccc(C(=O)O)c1O. The molecular formula is C9H8FNO5. The van der Waals surface area contributed by atoms with E-state index in [-0.39, 0.29) is 0 Å². The van der Waals surface area contributed by atoms with Gasteiger partial charge < -0.3 is 21.1 Å². The van der Waals surface area contributed by atoms with Crippen LogP contribution in [0.5, 0.6) is 5.75 Å². The van der Waals surface area contributed by atoms with Crippen molar-refractivity contribution in [2.45, 2.75) is 6.04 Å². The first kappa shape index (κ1) is 11.9. The number of aromatic hydroxyl groups is 1. The smallest absolute Gasteiger partial charge is 0.339 e. The number of carboxylic acid groups (broad SMARTS) is 2. The Morgan fingerprint density at radius 2 is 1.88 bits per heavy atom. The van der Waals surface area contributed by atoms with Gasteiger partial charge in [0, 0.05) is 0 Å². The van der Waals surface area contributed by atoms with Crippen LogP contribution in [0.25, 0.3) is 0 Å². The number of hydrogen-bond donors (Lipinski definition) is 4. The summed E-state index contributed by atoms with van der Waals surface area (Å²) in [6, 6.07) is -0.258. The van der Waals surface area contributed by atoms with Gasteiger partial charge >= 0.3 is 11.9 Å². The first-order valence-electron chi connectivity index (χ1n) is 4.09. The normalized spacial score (nSPS) is 12.1. The quantitative estimate of drug-likeness (QED) is 0.592. The summed E-state index contributed by atoms with van der Waals surface area (Å²) < 4.78 is 13.2. The number of carboxylic acids is 2. The van der Waals surface area contributed by atoms with Gasteiger partial charge in [-0.05, 0) is 12.1 Å². The second-order valence-corrected chi connectivity index (χ2v) is 2.98. The van der Waals surface area contributed by atoms with E-state index in [4.69, 9.17) is 15.9 Å². The third-order valence-electron chi connectivity index (χ3n) is 1.97. The Morgan fingerprint density at radius 1 is 1.31 bits per heavy atom. The van der Waals surface area contributed by atoms with Crippen molar-refractivity contribution in [3.05, 3.63) is 29.1 Å². The van der Waals surface area contributed by atoms with Crippen LogP contribution in [-0.4, -0.2) is 27.3 Å². The third-order valence-corrected chi connectivity index (χ3v) is 1.97. The maximum Gasteiger partial charge on any atom is 0.339 e. The lowest BCUT2D eigenvalue weighted by Crippen LogP contribution is -2.22. The average Bonchev–Trinajstić information content (AvgIpc) is 2.16. The summed E-state index contributed by atoms with van der Waals surface area (Å²) in [7, 11) is 0. The largest absolute Gasteiger partial charge is 0.507 e. The fraction of sp³-hybridized carbons (Fsp3) is 0.111. The molecule has 7 heteroatoms. The minimum Gasteiger partial charge on any atom is -0.507 e. The molecule has 1 atom stereocenters. The van der Waals surface area contributed by atoms with Gasteiger partial charge in [0.2, 0.25) is 0 Å². The maximum absolute atomic E-state index is 13.2. The van der Waals surface area contributed by atoms with Gasteiger partial charge in [-0.15, -0.1) is 0 Å². The monoisotopic (exact) mass is 229 g/mol. The summed E-state index contributed by atoms with van der Waals surface area (Å²) >= 11 is 0. The molecule has 1 rings (SSSR count). The molecule has 86 valence electrons. The van der Waals surface area contributed by atoms with Crippen molar-refractivity contribution < 1.29 is 29.3 Å². The Labute approximate surface area is 88.7 Å². The molecule has 0 bridgehead atoms. The Morgan fingerprint density at radius 3 is 2.31 bits per heavy atom. The zero-order valence-corrected chi connectivity index (χ0v) is 7.85. The van der Waals surface area contributed by atoms with Gasteiger partial charge in [-0.25, -0.2) is 9.18 Å². The number of hydrogen-bond acceptors (Lipinski definition) is 4. The molecule has 0 amide bonds. The molecule has 0 aliphatic carbocycles. The van der Waals surface area contributed by atoms with Gasteiger partial charge in [0.15, 0.2) is 0 Å². The van der Waals surface area contributed by atoms with Crippen molar-refractivity contribution in [2.75, 3.05) is 0 Å². The first-order chi connectivity index (χ1) is 7.36. The van der Waals surface area contributed by atoms with Crippen LogP contribution in [0.15, 0.2) is 12.1 Å². The Bertz CT molecular complexity index is 459. The fourth-order valence-electron chi connectivity index (χ4n) is 1.18. The Hall–Kier alpha value is -2.15. The summed E-state index contributed by atoms with van der Waals surface area (Å²) in [6.45, 7) is 0. The minimum absolute atomic E-state index is 0.604. The molecule has 1 aromatic rings. The summed E-state index contributed by atoms with van der Waals surface area (Å²) in [5.74, 6) is -5.12. The minimum atomic E-state index is -1.82. The molecule has 0 aliphatic heterocycles. The van der Waals surface area contributed by atoms with Crippen LogP contribution in [0.3, 0.4) is 0 Å². The van der Waals surface area contributed by atoms with E-state index in [1.165, 1.54) is 0 Å². The van der Waals surface area contributed by atoms with Gasteiger partial charge in [-0.3, -0.25) is 4.79 Å². The van der Waals surface area contributed by atoms with Crippen molar-refractivity contribution in [1.29, 1.82) is 0 Å². The van der Waals surface area contributed by atoms with Gasteiger partial charge in [0.25, 0.3) is 0 Å². The van der Waals surface area contributed by atoms with Gasteiger partial charge in [0.1, 0.15) is 23.2 Å². The predicted octanol–water partition coefficient (Wildman–Crippen LogP) is 0.314. The third kappa shape index (κ3) is 1.94. The van der Waals surface area contributed by atoms with Gasteiger partial charge in [-0.2, -0.15) is 0 Å². The summed E-state index contributed by atoms with van der Waals surface area (Å²) in [4.78, 5) is 21.1. The van der Waals surface area contributed by atoms with Crippen molar-refractivity contribution in [3.8, 4) is 5.75 Å². The molecule has 0 spiro atoms. The second-order valence-electron chi connectivity index (χ2n) is 2.98. The highest BCUT2D eigenvalue weighted by atomic mass is 19.1. The average molecular weight is 229 g/mol. The van der Waals surface area contributed by atoms with Crippen LogP contribution >= 0.6 is 0 Å². The Balaban J connectivity index is 3.43. The molecule has 0 heterocycles. The number of aromatic carboxylic acids is 1. The van der Waals surface area contributed by atoms with Gasteiger partial charge in [0.05, 0.1) is 5.56 Å². The number of halogens is 1. The van der Waals surface area contributed by atoms with Crippen LogP contribution in [0.4, 0.5) is 4.39 Å². The number of nitrogens with two attached hydrogens (primary N) is 1. The number of rotatable bonds is 3. The summed E-state index contributed by atoms with van der Waals surface area (Å²) in [5, 5.41) is 26.6. The number of benzene rings is 1. The molecule has 0 fully saturated rings. The van der Waals surface area contributed by atoms with Crippen molar-refractivity contribution in [2.24, 2.45) is 5.73 Å². The van der Waals surface area contributed by atoms with E-state index in [2.05, 4.69) is 0 Å². The molecule has 0 aliphatic rings. The zero-order valence-electron chi connectivity index (χ0n) is 7.85. The van der Waals surface area contributed by atoms with Crippen molar-refractivity contribution in [3.63, 3.8) is 0 Å². The van der Waals surface area contributed by atoms with Crippen LogP contribution in [-0.2, 0) is 4.79 Å². The number of phenols is 1. The molecule has 0 saturated heterocycles. The van der Waals surface area contributed by atoms with Crippen molar-refractivity contribution >= 4 is 11.9 Å². The van der Waals surface area contributed by atoms with Crippen LogP contribution in [0, 0.1) is 5.82 Å². The van der Waals surface area contributed by atoms with E-state index in [0.717, 1.165) is 12.1 Å². The highest BCUT2D eigenvalue weighted by Gasteiger charge is 2.26. The van der Waals surface area contributed by atoms with Crippen LogP contribution in [0.2, 0.25) is 0 Å². The first-order valence-corrected chi connectivity index (χ1v) is 4.09. The summed E-state index contributed by atoms with van der Waals surface area (Å²) in [5.41, 5.74) is 3.77. The maximum atomic E-state index is 13.2. The van der Waals surface area contributed by atoms with Crippen LogP contribution < -0.4 is 5.73 Å². The lowest BCUT2D eigenvalue weighted by molar-refractivity contribution is -0.138. The molecule has 1 aromatic carbocycles. The molecule has 0 unspecified atom stereocenters. The highest BCUT2D eigenvalue weighted by molar-refractivity contribution is 5.92. The van der Waals surface area contributed by atoms with E-state index < -0.39 is 40.7 Å². The van der Waals surface area contributed by atoms with E-state index >= 15 is 0 Å². The molecular weight excluding hydrogens is 221 g/mol. The standard InChI is InChI=1S/C9H8FNO5/c10-4-2-1-3(8(13)14)7(12)5(4)6(11)9(15)16/h1-2,6,12H,11H2,(H,13,14)(H,15,16)/t6-/m0/s1. The van der Waals surface area contributed by atoms with E-state index in [1.54, 1.807) is 0 Å². The molecule has 0 radical (unpaired) electrons. The molecule has 5 N–H and O–H groups in total. The number of aliphatic carboxylic acids is 1. The molecule has 6 nitrogen and oxygen atoms in total. The predicted molar refractivity (Wildman–Crippen MR) is 49.6 cm³/mol. The van der Waals surface area contributed by atoms with Gasteiger partial charge in [-0.1, -0.05) is 0 Å². The second kappa shape index (κ2) is 4.15. The zero-order chi connectivity index (χ0) is 12.5. The number of carbonyl (C=O) groups is 2. The molecule has 16 heavy (non-hydrogen) atoms. The topological polar surface area (TPSA) is 121 Å². The van der Waals surface area contributed by atoms with Crippen LogP contribution in [0.1, 0.15) is 22.0 Å². The lowest BCUT2D eigenvalue weighted by Gasteiger charge is -2.11. The highest BCUT2D eigenvalue weighted by Crippen LogP contribution is 2.29. The summed E-state index contributed by atoms with van der Waals surface area (Å²) in [6.07, 6.45) is 0. The van der Waals surface area contributed by atoms with Crippen molar-refractivity contribution in [1.82, 2.24) is 0 Å². The fourth-order valence-corrected chi connectivity index (χ4v) is 1.18. The van der Waals surface area contributed by atoms with E-state index in [9.17, 15) is 19.1 Å². The van der Waals surface area contributed by atoms with E-state index in [0.29, 0.717) is 0 Å². The lowest BCUT2D eigenvalue weighted by atomic mass is 10.0.